The van der Waals surface area contributed by atoms with E-state index in [1.807, 2.05) is 12.1 Å². The monoisotopic (exact) mass is 226 g/mol. The van der Waals surface area contributed by atoms with Crippen molar-refractivity contribution in [3.8, 4) is 0 Å². The number of pyridine rings is 1. The molecule has 1 fully saturated rings. The molecule has 2 heteroatoms. The summed E-state index contributed by atoms with van der Waals surface area (Å²) in [6, 6.07) is 12.7. The minimum absolute atomic E-state index is 0.246. The van der Waals surface area contributed by atoms with Gasteiger partial charge in [0.15, 0.2) is 0 Å². The smallest absolute Gasteiger partial charge is 0.0705 e. The van der Waals surface area contributed by atoms with E-state index in [0.717, 1.165) is 17.6 Å². The molecule has 0 radical (unpaired) electrons. The Morgan fingerprint density at radius 3 is 2.76 bits per heavy atom. The summed E-state index contributed by atoms with van der Waals surface area (Å²) in [5, 5.41) is 1.20. The fourth-order valence-corrected chi connectivity index (χ4v) is 2.26. The van der Waals surface area contributed by atoms with Crippen molar-refractivity contribution in [3.05, 3.63) is 42.1 Å². The maximum Gasteiger partial charge on any atom is 0.0705 e. The minimum Gasteiger partial charge on any atom is -0.327 e. The van der Waals surface area contributed by atoms with E-state index in [1.54, 1.807) is 0 Å². The van der Waals surface area contributed by atoms with Gasteiger partial charge in [0, 0.05) is 23.5 Å². The molecule has 1 atom stereocenters. The maximum absolute atomic E-state index is 6.25. The van der Waals surface area contributed by atoms with Crippen molar-refractivity contribution in [2.75, 3.05) is 0 Å². The van der Waals surface area contributed by atoms with Crippen LogP contribution in [0.5, 0.6) is 0 Å². The van der Waals surface area contributed by atoms with Crippen LogP contribution in [0.1, 0.15) is 25.5 Å². The average molecular weight is 226 g/mol. The molecule has 1 heterocycles. The molecule has 1 aliphatic rings. The Morgan fingerprint density at radius 2 is 2.00 bits per heavy atom. The highest BCUT2D eigenvalue weighted by Gasteiger charge is 2.42. The average Bonchev–Trinajstić information content (AvgIpc) is 3.09. The lowest BCUT2D eigenvalue weighted by Crippen LogP contribution is -2.32. The van der Waals surface area contributed by atoms with Crippen molar-refractivity contribution in [3.63, 3.8) is 0 Å². The molecule has 1 unspecified atom stereocenters. The standard InChI is InChI=1S/C15H18N2/c1-15(8-9-15)14(16)10-12-7-6-11-4-2-3-5-13(11)17-12/h2-7,14H,8-10,16H2,1H3. The van der Waals surface area contributed by atoms with Crippen molar-refractivity contribution >= 4 is 10.9 Å². The van der Waals surface area contributed by atoms with E-state index >= 15 is 0 Å². The molecule has 88 valence electrons. The van der Waals surface area contributed by atoms with Gasteiger partial charge in [0.2, 0.25) is 0 Å². The Labute approximate surface area is 102 Å². The van der Waals surface area contributed by atoms with E-state index in [4.69, 9.17) is 5.73 Å². The Morgan fingerprint density at radius 1 is 1.24 bits per heavy atom. The van der Waals surface area contributed by atoms with Gasteiger partial charge in [-0.15, -0.1) is 0 Å². The van der Waals surface area contributed by atoms with E-state index in [2.05, 4.69) is 36.2 Å². The minimum atomic E-state index is 0.246. The molecular weight excluding hydrogens is 208 g/mol. The summed E-state index contributed by atoms with van der Waals surface area (Å²) in [5.41, 5.74) is 8.80. The summed E-state index contributed by atoms with van der Waals surface area (Å²) < 4.78 is 0. The summed E-state index contributed by atoms with van der Waals surface area (Å²) in [7, 11) is 0. The number of hydrogen-bond acceptors (Lipinski definition) is 2. The molecule has 2 aromatic rings. The van der Waals surface area contributed by atoms with Crippen LogP contribution >= 0.6 is 0 Å². The second-order valence-electron chi connectivity index (χ2n) is 5.46. The molecule has 0 spiro atoms. The second-order valence-corrected chi connectivity index (χ2v) is 5.46. The number of hydrogen-bond donors (Lipinski definition) is 1. The van der Waals surface area contributed by atoms with Crippen molar-refractivity contribution in [2.45, 2.75) is 32.2 Å². The van der Waals surface area contributed by atoms with Gasteiger partial charge in [-0.05, 0) is 30.4 Å². The van der Waals surface area contributed by atoms with Crippen LogP contribution in [0, 0.1) is 5.41 Å². The highest BCUT2D eigenvalue weighted by atomic mass is 14.8. The number of aromatic nitrogens is 1. The first-order chi connectivity index (χ1) is 8.17. The third-order valence-electron chi connectivity index (χ3n) is 4.02. The SMILES string of the molecule is CC1(C(N)Cc2ccc3ccccc3n2)CC1. The van der Waals surface area contributed by atoms with Gasteiger partial charge in [0.05, 0.1) is 5.52 Å². The number of fused-ring (bicyclic) bond motifs is 1. The summed E-state index contributed by atoms with van der Waals surface area (Å²) in [5.74, 6) is 0. The molecule has 0 amide bonds. The molecule has 1 aromatic heterocycles. The van der Waals surface area contributed by atoms with Crippen LogP contribution in [0.4, 0.5) is 0 Å². The van der Waals surface area contributed by atoms with Crippen molar-refractivity contribution in [1.82, 2.24) is 4.98 Å². The predicted octanol–water partition coefficient (Wildman–Crippen LogP) is 2.90. The first-order valence-corrected chi connectivity index (χ1v) is 6.28. The highest BCUT2D eigenvalue weighted by Crippen LogP contribution is 2.47. The molecular formula is C15H18N2. The zero-order valence-electron chi connectivity index (χ0n) is 10.2. The van der Waals surface area contributed by atoms with Gasteiger partial charge in [0.25, 0.3) is 0 Å². The molecule has 1 aliphatic carbocycles. The second kappa shape index (κ2) is 3.81. The normalized spacial score (nSPS) is 19.2. The van der Waals surface area contributed by atoms with Crippen LogP contribution in [-0.2, 0) is 6.42 Å². The zero-order valence-corrected chi connectivity index (χ0v) is 10.2. The first-order valence-electron chi connectivity index (χ1n) is 6.28. The number of benzene rings is 1. The first kappa shape index (κ1) is 10.7. The summed E-state index contributed by atoms with van der Waals surface area (Å²) >= 11 is 0. The van der Waals surface area contributed by atoms with Crippen LogP contribution < -0.4 is 5.73 Å². The zero-order chi connectivity index (χ0) is 11.9. The molecule has 1 aromatic carbocycles. The summed E-state index contributed by atoms with van der Waals surface area (Å²) in [6.45, 7) is 2.28. The van der Waals surface area contributed by atoms with E-state index in [-0.39, 0.29) is 6.04 Å². The Balaban J connectivity index is 1.85. The van der Waals surface area contributed by atoms with Crippen molar-refractivity contribution in [2.24, 2.45) is 11.1 Å². The van der Waals surface area contributed by atoms with Crippen LogP contribution in [0.25, 0.3) is 10.9 Å². The summed E-state index contributed by atoms with van der Waals surface area (Å²) in [4.78, 5) is 4.68. The Hall–Kier alpha value is -1.41. The topological polar surface area (TPSA) is 38.9 Å². The number of nitrogens with two attached hydrogens (primary N) is 1. The molecule has 3 rings (SSSR count). The van der Waals surface area contributed by atoms with Crippen molar-refractivity contribution in [1.29, 1.82) is 0 Å². The molecule has 2 N–H and O–H groups in total. The lowest BCUT2D eigenvalue weighted by Gasteiger charge is -2.18. The highest BCUT2D eigenvalue weighted by molar-refractivity contribution is 5.78. The molecule has 0 aliphatic heterocycles. The van der Waals surface area contributed by atoms with E-state index < -0.39 is 0 Å². The van der Waals surface area contributed by atoms with Crippen molar-refractivity contribution < 1.29 is 0 Å². The third-order valence-corrected chi connectivity index (χ3v) is 4.02. The van der Waals surface area contributed by atoms with Crippen LogP contribution in [0.15, 0.2) is 36.4 Å². The molecule has 17 heavy (non-hydrogen) atoms. The largest absolute Gasteiger partial charge is 0.327 e. The summed E-state index contributed by atoms with van der Waals surface area (Å²) in [6.07, 6.45) is 3.42. The fourth-order valence-electron chi connectivity index (χ4n) is 2.26. The quantitative estimate of drug-likeness (QED) is 0.874. The molecule has 0 saturated heterocycles. The van der Waals surface area contributed by atoms with Gasteiger partial charge in [-0.2, -0.15) is 0 Å². The lowest BCUT2D eigenvalue weighted by atomic mass is 9.95. The fraction of sp³-hybridized carbons (Fsp3) is 0.400. The van der Waals surface area contributed by atoms with Crippen LogP contribution in [0.2, 0.25) is 0 Å². The van der Waals surface area contributed by atoms with Crippen LogP contribution in [-0.4, -0.2) is 11.0 Å². The number of nitrogens with zero attached hydrogens (tertiary/aromatic N) is 1. The van der Waals surface area contributed by atoms with Gasteiger partial charge >= 0.3 is 0 Å². The van der Waals surface area contributed by atoms with E-state index in [9.17, 15) is 0 Å². The van der Waals surface area contributed by atoms with Gasteiger partial charge in [-0.1, -0.05) is 31.2 Å². The number of rotatable bonds is 3. The van der Waals surface area contributed by atoms with Crippen LogP contribution in [0.3, 0.4) is 0 Å². The van der Waals surface area contributed by atoms with Gasteiger partial charge in [-0.25, -0.2) is 0 Å². The molecule has 1 saturated carbocycles. The van der Waals surface area contributed by atoms with Gasteiger partial charge < -0.3 is 5.73 Å². The lowest BCUT2D eigenvalue weighted by molar-refractivity contribution is 0.430. The maximum atomic E-state index is 6.25. The third kappa shape index (κ3) is 2.05. The predicted molar refractivity (Wildman–Crippen MR) is 70.8 cm³/mol. The molecule has 2 nitrogen and oxygen atoms in total. The van der Waals surface area contributed by atoms with Gasteiger partial charge in [-0.3, -0.25) is 4.98 Å². The van der Waals surface area contributed by atoms with E-state index in [0.29, 0.717) is 5.41 Å². The Kier molecular flexibility index (Phi) is 2.40. The van der Waals surface area contributed by atoms with Gasteiger partial charge in [0.1, 0.15) is 0 Å². The van der Waals surface area contributed by atoms with E-state index in [1.165, 1.54) is 18.2 Å². The molecule has 0 bridgehead atoms. The number of para-hydroxylation sites is 1. The Bertz CT molecular complexity index is 543.